The van der Waals surface area contributed by atoms with Gasteiger partial charge < -0.3 is 35.1 Å². The van der Waals surface area contributed by atoms with Gasteiger partial charge in [-0.25, -0.2) is 9.59 Å². The number of aliphatic carboxylic acids is 2. The summed E-state index contributed by atoms with van der Waals surface area (Å²) in [6.45, 7) is 0.0183. The Kier molecular flexibility index (Phi) is 7.81. The number of likely N-dealkylation sites (tertiary alicyclic amines) is 2. The molecule has 4 fully saturated rings. The van der Waals surface area contributed by atoms with E-state index in [4.69, 9.17) is 4.42 Å². The van der Waals surface area contributed by atoms with Crippen molar-refractivity contribution in [1.29, 1.82) is 0 Å². The van der Waals surface area contributed by atoms with Crippen LogP contribution >= 0.6 is 0 Å². The first kappa shape index (κ1) is 27.7. The van der Waals surface area contributed by atoms with E-state index in [2.05, 4.69) is 10.6 Å². The molecule has 1 aromatic rings. The molecule has 6 atom stereocenters. The van der Waals surface area contributed by atoms with E-state index in [1.54, 1.807) is 6.07 Å². The second kappa shape index (κ2) is 11.3. The zero-order chi connectivity index (χ0) is 28.6. The predicted molar refractivity (Wildman–Crippen MR) is 136 cm³/mol. The Labute approximate surface area is 230 Å². The summed E-state index contributed by atoms with van der Waals surface area (Å²) in [4.78, 5) is 78.9. The van der Waals surface area contributed by atoms with Crippen LogP contribution in [0.25, 0.3) is 0 Å². The van der Waals surface area contributed by atoms with Crippen LogP contribution in [-0.4, -0.2) is 92.8 Å². The molecule has 216 valence electrons. The van der Waals surface area contributed by atoms with Crippen molar-refractivity contribution in [3.8, 4) is 0 Å². The van der Waals surface area contributed by atoms with Crippen molar-refractivity contribution in [3.05, 3.63) is 24.2 Å². The van der Waals surface area contributed by atoms with E-state index in [0.717, 1.165) is 12.8 Å². The zero-order valence-electron chi connectivity index (χ0n) is 22.0. The maximum atomic E-state index is 13.8. The summed E-state index contributed by atoms with van der Waals surface area (Å²) in [7, 11) is 0. The van der Waals surface area contributed by atoms with Crippen LogP contribution in [0.4, 0.5) is 0 Å². The van der Waals surface area contributed by atoms with Crippen LogP contribution in [-0.2, 0) is 24.0 Å². The molecular formula is C27H34N4O9. The lowest BCUT2D eigenvalue weighted by molar-refractivity contribution is -0.156. The number of amides is 4. The number of hydrogen-bond donors (Lipinski definition) is 4. The molecule has 0 radical (unpaired) electrons. The summed E-state index contributed by atoms with van der Waals surface area (Å²) in [5, 5.41) is 25.3. The Bertz CT molecular complexity index is 1180. The first-order valence-corrected chi connectivity index (χ1v) is 13.8. The number of rotatable bonds is 8. The van der Waals surface area contributed by atoms with Crippen LogP contribution in [0.3, 0.4) is 0 Å². The summed E-state index contributed by atoms with van der Waals surface area (Å²) >= 11 is 0. The third-order valence-corrected chi connectivity index (χ3v) is 8.51. The minimum Gasteiger partial charge on any atom is -0.480 e. The van der Waals surface area contributed by atoms with Gasteiger partial charge in [0.2, 0.25) is 17.7 Å². The molecule has 4 amide bonds. The van der Waals surface area contributed by atoms with Gasteiger partial charge in [0.05, 0.1) is 6.26 Å². The topological polar surface area (TPSA) is 187 Å². The van der Waals surface area contributed by atoms with Gasteiger partial charge in [0.1, 0.15) is 12.1 Å². The highest BCUT2D eigenvalue weighted by molar-refractivity contribution is 5.94. The standard InChI is InChI=1S/C27H34N4O9/c32-22(14-7-8-14)28-15-10-19(26(36)37)30(12-15)24(34)17-4-1-2-5-18(17)25(35)31-13-16(11-20(31)27(38)39)29-23(33)21-6-3-9-40-21/h3,6,9,14-20H,1-2,4-5,7-8,10-13H2,(H,28,32)(H,29,33)(H,36,37)(H,38,39)/t15-,16-,17-,18+,19-,20-/m0/s1. The van der Waals surface area contributed by atoms with E-state index in [0.29, 0.717) is 25.7 Å². The highest BCUT2D eigenvalue weighted by Crippen LogP contribution is 2.37. The molecule has 5 rings (SSSR count). The lowest BCUT2D eigenvalue weighted by Gasteiger charge is -2.36. The van der Waals surface area contributed by atoms with Crippen molar-refractivity contribution < 1.29 is 43.4 Å². The minimum atomic E-state index is -1.21. The third kappa shape index (κ3) is 5.68. The van der Waals surface area contributed by atoms with Gasteiger partial charge in [-0.3, -0.25) is 19.2 Å². The average Bonchev–Trinajstić information content (AvgIpc) is 3.29. The number of carbonyl (C=O) groups excluding carboxylic acids is 4. The summed E-state index contributed by atoms with van der Waals surface area (Å²) in [6.07, 6.45) is 5.15. The van der Waals surface area contributed by atoms with E-state index in [1.165, 1.54) is 22.1 Å². The van der Waals surface area contributed by atoms with Crippen molar-refractivity contribution in [3.63, 3.8) is 0 Å². The van der Waals surface area contributed by atoms with Gasteiger partial charge in [0, 0.05) is 55.8 Å². The smallest absolute Gasteiger partial charge is 0.326 e. The number of nitrogens with zero attached hydrogens (tertiary/aromatic N) is 2. The van der Waals surface area contributed by atoms with Gasteiger partial charge in [-0.15, -0.1) is 0 Å². The number of nitrogens with one attached hydrogen (secondary N) is 2. The Balaban J connectivity index is 1.29. The fraction of sp³-hybridized carbons (Fsp3) is 0.630. The molecule has 0 bridgehead atoms. The van der Waals surface area contributed by atoms with Crippen LogP contribution in [0.15, 0.2) is 22.8 Å². The Hall–Kier alpha value is -3.90. The van der Waals surface area contributed by atoms with E-state index in [-0.39, 0.29) is 43.5 Å². The first-order chi connectivity index (χ1) is 19.1. The average molecular weight is 559 g/mol. The SMILES string of the molecule is O=C(N[C@H]1C[C@@H](C(=O)O)N(C(=O)[C@@H]2CCCC[C@@H]2C(=O)N2C[C@@H](NC(=O)C3CC3)C[C@H]2C(=O)O)C1)c1ccco1. The molecule has 2 aliphatic carbocycles. The van der Waals surface area contributed by atoms with E-state index >= 15 is 0 Å². The summed E-state index contributed by atoms with van der Waals surface area (Å²) in [5.74, 6) is -5.55. The Morgan fingerprint density at radius 3 is 1.75 bits per heavy atom. The third-order valence-electron chi connectivity index (χ3n) is 8.51. The molecule has 3 heterocycles. The molecule has 0 unspecified atom stereocenters. The lowest BCUT2D eigenvalue weighted by Crippen LogP contribution is -2.51. The summed E-state index contributed by atoms with van der Waals surface area (Å²) in [5.41, 5.74) is 0. The van der Waals surface area contributed by atoms with Crippen LogP contribution in [0.1, 0.15) is 61.9 Å². The monoisotopic (exact) mass is 558 g/mol. The summed E-state index contributed by atoms with van der Waals surface area (Å²) < 4.78 is 5.09. The number of carboxylic acids is 2. The van der Waals surface area contributed by atoms with Crippen molar-refractivity contribution in [2.75, 3.05) is 13.1 Å². The lowest BCUT2D eigenvalue weighted by atomic mass is 9.77. The van der Waals surface area contributed by atoms with Gasteiger partial charge in [0.15, 0.2) is 5.76 Å². The van der Waals surface area contributed by atoms with E-state index in [9.17, 15) is 39.0 Å². The largest absolute Gasteiger partial charge is 0.480 e. The molecule has 4 N–H and O–H groups in total. The molecule has 40 heavy (non-hydrogen) atoms. The highest BCUT2D eigenvalue weighted by atomic mass is 16.4. The Morgan fingerprint density at radius 1 is 0.775 bits per heavy atom. The quantitative estimate of drug-likeness (QED) is 0.351. The van der Waals surface area contributed by atoms with Gasteiger partial charge in [-0.05, 0) is 37.8 Å². The first-order valence-electron chi connectivity index (χ1n) is 13.8. The molecule has 13 nitrogen and oxygen atoms in total. The van der Waals surface area contributed by atoms with Crippen LogP contribution in [0.2, 0.25) is 0 Å². The fourth-order valence-electron chi connectivity index (χ4n) is 6.31. The molecule has 4 aliphatic rings. The normalized spacial score (nSPS) is 30.1. The van der Waals surface area contributed by atoms with Gasteiger partial charge in [0.25, 0.3) is 5.91 Å². The summed E-state index contributed by atoms with van der Waals surface area (Å²) in [6, 6.07) is -0.360. The molecule has 0 spiro atoms. The van der Waals surface area contributed by atoms with Crippen LogP contribution < -0.4 is 10.6 Å². The van der Waals surface area contributed by atoms with Crippen LogP contribution in [0, 0.1) is 17.8 Å². The molecule has 2 aliphatic heterocycles. The second-order valence-corrected chi connectivity index (χ2v) is 11.3. The molecule has 0 aromatic carbocycles. The Morgan fingerprint density at radius 2 is 1.30 bits per heavy atom. The van der Waals surface area contributed by atoms with Gasteiger partial charge in [-0.2, -0.15) is 0 Å². The molecule has 2 saturated heterocycles. The van der Waals surface area contributed by atoms with Crippen LogP contribution in [0.5, 0.6) is 0 Å². The van der Waals surface area contributed by atoms with E-state index in [1.807, 2.05) is 0 Å². The number of furan rings is 1. The van der Waals surface area contributed by atoms with Gasteiger partial charge >= 0.3 is 11.9 Å². The van der Waals surface area contributed by atoms with Crippen molar-refractivity contribution in [1.82, 2.24) is 20.4 Å². The second-order valence-electron chi connectivity index (χ2n) is 11.3. The van der Waals surface area contributed by atoms with Crippen molar-refractivity contribution in [2.24, 2.45) is 17.8 Å². The van der Waals surface area contributed by atoms with E-state index < -0.39 is 65.7 Å². The molecular weight excluding hydrogens is 524 g/mol. The highest BCUT2D eigenvalue weighted by Gasteiger charge is 2.49. The van der Waals surface area contributed by atoms with Gasteiger partial charge in [-0.1, -0.05) is 12.8 Å². The predicted octanol–water partition coefficient (Wildman–Crippen LogP) is 0.450. The number of hydrogen-bond acceptors (Lipinski definition) is 7. The van der Waals surface area contributed by atoms with Crippen molar-refractivity contribution >= 4 is 35.6 Å². The number of carboxylic acid groups (broad SMARTS) is 2. The molecule has 13 heteroatoms. The maximum absolute atomic E-state index is 13.8. The molecule has 2 saturated carbocycles. The molecule has 1 aromatic heterocycles. The van der Waals surface area contributed by atoms with Crippen molar-refractivity contribution in [2.45, 2.75) is 75.5 Å². The maximum Gasteiger partial charge on any atom is 0.326 e. The zero-order valence-corrected chi connectivity index (χ0v) is 22.0. The number of carbonyl (C=O) groups is 6. The minimum absolute atomic E-state index is 0.00837. The fourth-order valence-corrected chi connectivity index (χ4v) is 6.31.